The Kier molecular flexibility index (Phi) is 5.57. The van der Waals surface area contributed by atoms with Crippen LogP contribution in [0.3, 0.4) is 0 Å². The number of nitrogens with one attached hydrogen (secondary N) is 1. The van der Waals surface area contributed by atoms with Crippen molar-refractivity contribution >= 4 is 28.3 Å². The van der Waals surface area contributed by atoms with Gasteiger partial charge in [0.05, 0.1) is 28.7 Å². The number of aryl methyl sites for hydroxylation is 1. The Hall–Kier alpha value is -4.60. The number of aromatic nitrogens is 3. The van der Waals surface area contributed by atoms with Gasteiger partial charge >= 0.3 is 0 Å². The van der Waals surface area contributed by atoms with E-state index >= 15 is 0 Å². The number of Topliss-reactive ketones (excluding diaryl/α,β-unsaturated/α-hetero) is 1. The zero-order valence-electron chi connectivity index (χ0n) is 17.8. The van der Waals surface area contributed by atoms with E-state index in [2.05, 4.69) is 10.4 Å². The molecule has 4 rings (SSSR count). The number of non-ortho nitro benzene ring substituents is 1. The summed E-state index contributed by atoms with van der Waals surface area (Å²) >= 11 is 0. The van der Waals surface area contributed by atoms with Crippen molar-refractivity contribution in [2.24, 2.45) is 0 Å². The molecule has 0 fully saturated rings. The van der Waals surface area contributed by atoms with E-state index in [9.17, 15) is 24.5 Å². The molecule has 2 heterocycles. The minimum atomic E-state index is -0.567. The van der Waals surface area contributed by atoms with Crippen LogP contribution in [0.25, 0.3) is 10.9 Å². The molecule has 2 aromatic carbocycles. The Morgan fingerprint density at radius 3 is 2.52 bits per heavy atom. The number of hydrogen-bond donors (Lipinski definition) is 1. The molecule has 10 heteroatoms. The van der Waals surface area contributed by atoms with Crippen LogP contribution in [0.2, 0.25) is 0 Å². The summed E-state index contributed by atoms with van der Waals surface area (Å²) in [6.45, 7) is 3.19. The average molecular weight is 445 g/mol. The van der Waals surface area contributed by atoms with Gasteiger partial charge in [-0.3, -0.25) is 39.2 Å². The number of nitro benzene ring substituents is 1. The molecule has 0 aliphatic rings. The standard InChI is InChI=1S/C23H19N5O5/c1-14-10-19(15(2)27(14)25-22(30)16-6-4-3-5-7-16)21(29)12-26-13-24-20-11-17(28(32)33)8-9-18(20)23(26)31/h3-11,13H,12H2,1-2H3,(H,25,30). The van der Waals surface area contributed by atoms with Crippen LogP contribution >= 0.6 is 0 Å². The van der Waals surface area contributed by atoms with Crippen molar-refractivity contribution in [1.82, 2.24) is 14.2 Å². The fraction of sp³-hybridized carbons (Fsp3) is 0.130. The highest BCUT2D eigenvalue weighted by Crippen LogP contribution is 2.18. The van der Waals surface area contributed by atoms with E-state index in [0.29, 0.717) is 22.5 Å². The number of nitrogens with zero attached hydrogens (tertiary/aromatic N) is 4. The Labute approximate surface area is 187 Å². The maximum atomic E-state index is 13.0. The first kappa shape index (κ1) is 21.6. The van der Waals surface area contributed by atoms with E-state index in [1.165, 1.54) is 29.2 Å². The number of hydrogen-bond acceptors (Lipinski definition) is 6. The summed E-state index contributed by atoms with van der Waals surface area (Å²) in [5.74, 6) is -0.658. The van der Waals surface area contributed by atoms with Crippen molar-refractivity contribution < 1.29 is 14.5 Å². The lowest BCUT2D eigenvalue weighted by Crippen LogP contribution is -2.26. The van der Waals surface area contributed by atoms with E-state index in [1.807, 2.05) is 6.07 Å². The molecule has 2 aromatic heterocycles. The second-order valence-corrected chi connectivity index (χ2v) is 7.49. The molecule has 1 N–H and O–H groups in total. The van der Waals surface area contributed by atoms with E-state index in [1.54, 1.807) is 44.2 Å². The van der Waals surface area contributed by atoms with Crippen molar-refractivity contribution in [1.29, 1.82) is 0 Å². The summed E-state index contributed by atoms with van der Waals surface area (Å²) < 4.78 is 2.69. The third kappa shape index (κ3) is 4.13. The van der Waals surface area contributed by atoms with Gasteiger partial charge < -0.3 is 0 Å². The molecule has 0 unspecified atom stereocenters. The van der Waals surface area contributed by atoms with Crippen LogP contribution < -0.4 is 11.0 Å². The predicted octanol–water partition coefficient (Wildman–Crippen LogP) is 2.99. The van der Waals surface area contributed by atoms with Crippen molar-refractivity contribution in [2.75, 3.05) is 5.43 Å². The SMILES string of the molecule is Cc1cc(C(=O)Cn2cnc3cc([N+](=O)[O-])ccc3c2=O)c(C)n1NC(=O)c1ccccc1. The molecule has 1 amide bonds. The fourth-order valence-corrected chi connectivity index (χ4v) is 3.59. The van der Waals surface area contributed by atoms with Crippen LogP contribution in [0.5, 0.6) is 0 Å². The van der Waals surface area contributed by atoms with Crippen LogP contribution in [0.15, 0.2) is 65.7 Å². The minimum Gasteiger partial charge on any atom is -0.292 e. The molecule has 33 heavy (non-hydrogen) atoms. The van der Waals surface area contributed by atoms with Gasteiger partial charge in [0.25, 0.3) is 17.2 Å². The van der Waals surface area contributed by atoms with Crippen LogP contribution in [0.4, 0.5) is 5.69 Å². The Morgan fingerprint density at radius 2 is 1.82 bits per heavy atom. The lowest BCUT2D eigenvalue weighted by molar-refractivity contribution is -0.384. The van der Waals surface area contributed by atoms with Gasteiger partial charge in [0.2, 0.25) is 0 Å². The number of benzene rings is 2. The topological polar surface area (TPSA) is 129 Å². The Morgan fingerprint density at radius 1 is 1.09 bits per heavy atom. The quantitative estimate of drug-likeness (QED) is 0.276. The number of carbonyl (C=O) groups is 2. The first-order valence-corrected chi connectivity index (χ1v) is 9.98. The molecule has 0 saturated carbocycles. The monoisotopic (exact) mass is 445 g/mol. The molecule has 0 bridgehead atoms. The molecule has 10 nitrogen and oxygen atoms in total. The molecule has 0 radical (unpaired) electrons. The van der Waals surface area contributed by atoms with Crippen LogP contribution in [-0.4, -0.2) is 30.8 Å². The normalized spacial score (nSPS) is 10.8. The zero-order valence-corrected chi connectivity index (χ0v) is 17.8. The fourth-order valence-electron chi connectivity index (χ4n) is 3.59. The summed E-state index contributed by atoms with van der Waals surface area (Å²) in [6.07, 6.45) is 1.20. The maximum Gasteiger partial charge on any atom is 0.271 e. The summed E-state index contributed by atoms with van der Waals surface area (Å²) in [7, 11) is 0. The number of ketones is 1. The molecular formula is C23H19N5O5. The van der Waals surface area contributed by atoms with Gasteiger partial charge in [0.1, 0.15) is 0 Å². The van der Waals surface area contributed by atoms with Crippen LogP contribution in [0, 0.1) is 24.0 Å². The van der Waals surface area contributed by atoms with E-state index in [0.717, 1.165) is 4.57 Å². The number of carbonyl (C=O) groups excluding carboxylic acids is 2. The van der Waals surface area contributed by atoms with E-state index in [4.69, 9.17) is 0 Å². The van der Waals surface area contributed by atoms with Crippen molar-refractivity contribution in [2.45, 2.75) is 20.4 Å². The second kappa shape index (κ2) is 8.50. The Balaban J connectivity index is 1.60. The van der Waals surface area contributed by atoms with Gasteiger partial charge in [-0.15, -0.1) is 0 Å². The number of amides is 1. The largest absolute Gasteiger partial charge is 0.292 e. The smallest absolute Gasteiger partial charge is 0.271 e. The van der Waals surface area contributed by atoms with Crippen molar-refractivity contribution in [3.8, 4) is 0 Å². The molecular weight excluding hydrogens is 426 g/mol. The highest BCUT2D eigenvalue weighted by molar-refractivity contribution is 6.01. The van der Waals surface area contributed by atoms with Gasteiger partial charge in [-0.1, -0.05) is 18.2 Å². The number of fused-ring (bicyclic) bond motifs is 1. The highest BCUT2D eigenvalue weighted by atomic mass is 16.6. The molecule has 0 aliphatic carbocycles. The summed E-state index contributed by atoms with van der Waals surface area (Å²) in [6, 6.07) is 14.1. The first-order chi connectivity index (χ1) is 15.8. The highest BCUT2D eigenvalue weighted by Gasteiger charge is 2.19. The number of rotatable bonds is 6. The predicted molar refractivity (Wildman–Crippen MR) is 121 cm³/mol. The second-order valence-electron chi connectivity index (χ2n) is 7.49. The summed E-state index contributed by atoms with van der Waals surface area (Å²) in [5, 5.41) is 11.1. The average Bonchev–Trinajstić information content (AvgIpc) is 3.09. The lowest BCUT2D eigenvalue weighted by atomic mass is 10.1. The maximum absolute atomic E-state index is 13.0. The van der Waals surface area contributed by atoms with Gasteiger partial charge in [0, 0.05) is 34.6 Å². The summed E-state index contributed by atoms with van der Waals surface area (Å²) in [4.78, 5) is 52.7. The van der Waals surface area contributed by atoms with Gasteiger partial charge in [-0.05, 0) is 38.1 Å². The van der Waals surface area contributed by atoms with Crippen molar-refractivity contribution in [3.05, 3.63) is 104 Å². The Bertz CT molecular complexity index is 1470. The molecule has 0 saturated heterocycles. The first-order valence-electron chi connectivity index (χ1n) is 9.98. The zero-order chi connectivity index (χ0) is 23.7. The third-order valence-electron chi connectivity index (χ3n) is 5.31. The third-order valence-corrected chi connectivity index (χ3v) is 5.31. The van der Waals surface area contributed by atoms with E-state index in [-0.39, 0.29) is 34.8 Å². The molecule has 166 valence electrons. The van der Waals surface area contributed by atoms with Crippen molar-refractivity contribution in [3.63, 3.8) is 0 Å². The van der Waals surface area contributed by atoms with Crippen LogP contribution in [0.1, 0.15) is 32.1 Å². The minimum absolute atomic E-state index is 0.173. The lowest BCUT2D eigenvalue weighted by Gasteiger charge is -2.12. The number of nitro groups is 1. The molecule has 4 aromatic rings. The molecule has 0 spiro atoms. The van der Waals surface area contributed by atoms with E-state index < -0.39 is 10.5 Å². The van der Waals surface area contributed by atoms with Crippen LogP contribution in [-0.2, 0) is 6.54 Å². The molecule has 0 atom stereocenters. The molecule has 0 aliphatic heterocycles. The summed E-state index contributed by atoms with van der Waals surface area (Å²) in [5.41, 5.74) is 4.32. The van der Waals surface area contributed by atoms with Gasteiger partial charge in [-0.2, -0.15) is 0 Å². The van der Waals surface area contributed by atoms with Gasteiger partial charge in [0.15, 0.2) is 5.78 Å². The van der Waals surface area contributed by atoms with Gasteiger partial charge in [-0.25, -0.2) is 4.98 Å².